The molecule has 0 saturated heterocycles. The molecule has 1 aliphatic heterocycles. The van der Waals surface area contributed by atoms with Crippen LogP contribution in [0.2, 0.25) is 0 Å². The number of aryl methyl sites for hydroxylation is 1. The van der Waals surface area contributed by atoms with Crippen molar-refractivity contribution in [1.82, 2.24) is 4.98 Å². The molecule has 3 rings (SSSR count). The highest BCUT2D eigenvalue weighted by Crippen LogP contribution is 2.33. The van der Waals surface area contributed by atoms with Gasteiger partial charge in [0.2, 0.25) is 0 Å². The van der Waals surface area contributed by atoms with Crippen molar-refractivity contribution < 1.29 is 9.47 Å². The second-order valence-electron chi connectivity index (χ2n) is 6.00. The molecule has 0 spiro atoms. The Morgan fingerprint density at radius 1 is 1.17 bits per heavy atom. The predicted molar refractivity (Wildman–Crippen MR) is 96.1 cm³/mol. The van der Waals surface area contributed by atoms with Crippen LogP contribution in [0.5, 0.6) is 0 Å². The maximum Gasteiger partial charge on any atom is 0.157 e. The Kier molecular flexibility index (Phi) is 5.14. The molecule has 4 heteroatoms. The number of hydrogen-bond donors (Lipinski definition) is 0. The van der Waals surface area contributed by atoms with Gasteiger partial charge in [0.05, 0.1) is 32.2 Å². The number of aliphatic imine (C=N–C) groups is 1. The molecule has 1 aromatic rings. The number of rotatable bonds is 6. The van der Waals surface area contributed by atoms with Gasteiger partial charge < -0.3 is 9.47 Å². The normalized spacial score (nSPS) is 16.9. The lowest BCUT2D eigenvalue weighted by molar-refractivity contribution is 0.223. The molecule has 0 aromatic carbocycles. The lowest BCUT2D eigenvalue weighted by Crippen LogP contribution is -2.18. The standard InChI is InChI=1S/C20H24N2O2/c1-4-5-6-14-7-8-17(22-13-14)20-16-12-19(24-3)18(23-2)11-15(16)9-10-21-20/h7-9,12-13H,4-6,10-11H2,1-3H3. The van der Waals surface area contributed by atoms with E-state index in [1.54, 1.807) is 14.2 Å². The van der Waals surface area contributed by atoms with Crippen LogP contribution in [0.15, 0.2) is 58.1 Å². The number of fused-ring (bicyclic) bond motifs is 1. The third-order valence-corrected chi connectivity index (χ3v) is 4.44. The van der Waals surface area contributed by atoms with Gasteiger partial charge in [-0.15, -0.1) is 0 Å². The van der Waals surface area contributed by atoms with E-state index >= 15 is 0 Å². The Morgan fingerprint density at radius 2 is 2.04 bits per heavy atom. The fourth-order valence-electron chi connectivity index (χ4n) is 3.05. The zero-order chi connectivity index (χ0) is 16.9. The fraction of sp³-hybridized carbons (Fsp3) is 0.400. The van der Waals surface area contributed by atoms with Gasteiger partial charge in [-0.25, -0.2) is 0 Å². The second kappa shape index (κ2) is 7.47. The monoisotopic (exact) mass is 324 g/mol. The van der Waals surface area contributed by atoms with Crippen LogP contribution >= 0.6 is 0 Å². The number of ether oxygens (including phenoxy) is 2. The average molecular weight is 324 g/mol. The van der Waals surface area contributed by atoms with E-state index in [4.69, 9.17) is 9.47 Å². The molecule has 2 heterocycles. The lowest BCUT2D eigenvalue weighted by Gasteiger charge is -2.24. The fourth-order valence-corrected chi connectivity index (χ4v) is 3.05. The topological polar surface area (TPSA) is 43.7 Å². The third kappa shape index (κ3) is 3.28. The first-order chi connectivity index (χ1) is 11.8. The summed E-state index contributed by atoms with van der Waals surface area (Å²) < 4.78 is 10.9. The van der Waals surface area contributed by atoms with Gasteiger partial charge in [-0.1, -0.05) is 25.5 Å². The molecule has 1 aliphatic carbocycles. The van der Waals surface area contributed by atoms with Crippen molar-refractivity contribution in [2.75, 3.05) is 20.8 Å². The maximum atomic E-state index is 5.47. The van der Waals surface area contributed by atoms with Crippen LogP contribution in [-0.4, -0.2) is 31.5 Å². The first-order valence-electron chi connectivity index (χ1n) is 8.49. The van der Waals surface area contributed by atoms with Crippen LogP contribution in [0.25, 0.3) is 0 Å². The van der Waals surface area contributed by atoms with Crippen LogP contribution in [0, 0.1) is 0 Å². The van der Waals surface area contributed by atoms with E-state index in [2.05, 4.69) is 35.1 Å². The molecule has 0 bridgehead atoms. The minimum atomic E-state index is 0.681. The van der Waals surface area contributed by atoms with Crippen molar-refractivity contribution in [2.45, 2.75) is 32.6 Å². The Hall–Kier alpha value is -2.36. The molecule has 0 unspecified atom stereocenters. The highest BCUT2D eigenvalue weighted by Gasteiger charge is 2.25. The van der Waals surface area contributed by atoms with Gasteiger partial charge in [-0.3, -0.25) is 9.98 Å². The van der Waals surface area contributed by atoms with Crippen LogP contribution in [0.4, 0.5) is 0 Å². The summed E-state index contributed by atoms with van der Waals surface area (Å²) in [6.45, 7) is 2.89. The number of allylic oxidation sites excluding steroid dienone is 3. The molecule has 2 aliphatic rings. The van der Waals surface area contributed by atoms with E-state index in [9.17, 15) is 0 Å². The molecule has 24 heavy (non-hydrogen) atoms. The summed E-state index contributed by atoms with van der Waals surface area (Å²) in [5.41, 5.74) is 5.47. The summed E-state index contributed by atoms with van der Waals surface area (Å²) in [5, 5.41) is 0. The summed E-state index contributed by atoms with van der Waals surface area (Å²) >= 11 is 0. The number of nitrogens with zero attached hydrogens (tertiary/aromatic N) is 2. The number of methoxy groups -OCH3 is 2. The summed E-state index contributed by atoms with van der Waals surface area (Å²) in [6.07, 6.45) is 10.3. The molecule has 0 amide bonds. The maximum absolute atomic E-state index is 5.47. The second-order valence-corrected chi connectivity index (χ2v) is 6.00. The molecule has 1 aromatic heterocycles. The summed E-state index contributed by atoms with van der Waals surface area (Å²) in [5.74, 6) is 1.62. The van der Waals surface area contributed by atoms with E-state index in [1.807, 2.05) is 12.3 Å². The third-order valence-electron chi connectivity index (χ3n) is 4.44. The van der Waals surface area contributed by atoms with Gasteiger partial charge in [0, 0.05) is 18.2 Å². The van der Waals surface area contributed by atoms with Gasteiger partial charge in [-0.05, 0) is 36.1 Å². The van der Waals surface area contributed by atoms with Gasteiger partial charge >= 0.3 is 0 Å². The number of dihydropyridines is 1. The highest BCUT2D eigenvalue weighted by atomic mass is 16.5. The molecular formula is C20H24N2O2. The molecule has 0 fully saturated rings. The molecule has 0 saturated carbocycles. The Labute approximate surface area is 143 Å². The largest absolute Gasteiger partial charge is 0.497 e. The molecule has 4 nitrogen and oxygen atoms in total. The van der Waals surface area contributed by atoms with Crippen molar-refractivity contribution in [3.05, 3.63) is 64.4 Å². The number of unbranched alkanes of at least 4 members (excludes halogenated alkanes) is 1. The van der Waals surface area contributed by atoms with Gasteiger partial charge in [0.25, 0.3) is 0 Å². The van der Waals surface area contributed by atoms with Crippen molar-refractivity contribution in [1.29, 1.82) is 0 Å². The van der Waals surface area contributed by atoms with Gasteiger partial charge in [0.1, 0.15) is 5.76 Å². The van der Waals surface area contributed by atoms with Crippen molar-refractivity contribution in [3.8, 4) is 0 Å². The van der Waals surface area contributed by atoms with E-state index in [0.29, 0.717) is 6.54 Å². The summed E-state index contributed by atoms with van der Waals surface area (Å²) in [4.78, 5) is 9.34. The average Bonchev–Trinajstić information content (AvgIpc) is 2.65. The number of aromatic nitrogens is 1. The molecule has 126 valence electrons. The number of pyridine rings is 1. The van der Waals surface area contributed by atoms with Gasteiger partial charge in [-0.2, -0.15) is 0 Å². The van der Waals surface area contributed by atoms with E-state index in [-0.39, 0.29) is 0 Å². The SMILES string of the molecule is CCCCc1ccc(C2=NCC=C3CC(OC)=C(OC)C=C32)nc1. The Balaban J connectivity index is 1.90. The van der Waals surface area contributed by atoms with Crippen LogP contribution < -0.4 is 0 Å². The minimum absolute atomic E-state index is 0.681. The quantitative estimate of drug-likeness (QED) is 0.795. The van der Waals surface area contributed by atoms with E-state index in [1.165, 1.54) is 24.0 Å². The van der Waals surface area contributed by atoms with Crippen molar-refractivity contribution in [2.24, 2.45) is 4.99 Å². The zero-order valence-corrected chi connectivity index (χ0v) is 14.6. The van der Waals surface area contributed by atoms with Crippen LogP contribution in [0.3, 0.4) is 0 Å². The Morgan fingerprint density at radius 3 is 2.71 bits per heavy atom. The zero-order valence-electron chi connectivity index (χ0n) is 14.6. The lowest BCUT2D eigenvalue weighted by atomic mass is 9.88. The molecule has 0 atom stereocenters. The summed E-state index contributed by atoms with van der Waals surface area (Å²) in [6, 6.07) is 4.24. The van der Waals surface area contributed by atoms with Gasteiger partial charge in [0.15, 0.2) is 5.76 Å². The minimum Gasteiger partial charge on any atom is -0.497 e. The smallest absolute Gasteiger partial charge is 0.157 e. The van der Waals surface area contributed by atoms with E-state index < -0.39 is 0 Å². The Bertz CT molecular complexity index is 725. The molecule has 0 radical (unpaired) electrons. The first kappa shape index (κ1) is 16.5. The molecular weight excluding hydrogens is 300 g/mol. The molecule has 0 N–H and O–H groups in total. The van der Waals surface area contributed by atoms with Crippen LogP contribution in [-0.2, 0) is 15.9 Å². The van der Waals surface area contributed by atoms with Crippen LogP contribution in [0.1, 0.15) is 37.4 Å². The van der Waals surface area contributed by atoms with E-state index in [0.717, 1.165) is 41.3 Å². The highest BCUT2D eigenvalue weighted by molar-refractivity contribution is 6.15. The summed E-state index contributed by atoms with van der Waals surface area (Å²) in [7, 11) is 3.35. The predicted octanol–water partition coefficient (Wildman–Crippen LogP) is 3.99. The van der Waals surface area contributed by atoms with Crippen molar-refractivity contribution in [3.63, 3.8) is 0 Å². The van der Waals surface area contributed by atoms with Crippen molar-refractivity contribution >= 4 is 5.71 Å². The first-order valence-corrected chi connectivity index (χ1v) is 8.49. The number of hydrogen-bond acceptors (Lipinski definition) is 4.